The number of nitrogens with zero attached hydrogens (tertiary/aromatic N) is 1. The zero-order valence-corrected chi connectivity index (χ0v) is 14.3. The van der Waals surface area contributed by atoms with Crippen LogP contribution in [0, 0.1) is 0 Å². The Morgan fingerprint density at radius 1 is 1.38 bits per heavy atom. The molecule has 0 saturated carbocycles. The molecule has 1 atom stereocenters. The molecule has 0 aromatic heterocycles. The minimum Gasteiger partial charge on any atom is -0.444 e. The maximum atomic E-state index is 12.0. The maximum absolute atomic E-state index is 12.0. The maximum Gasteiger partial charge on any atom is 0.410 e. The number of ether oxygens (including phenoxy) is 1. The SMILES string of the molecule is CC(C)(C)OC(=O)N1CCC(O)(Cc2ccc(Br)cc2)C1. The molecule has 1 aromatic rings. The van der Waals surface area contributed by atoms with Crippen LogP contribution in [0.15, 0.2) is 28.7 Å². The fourth-order valence-corrected chi connectivity index (χ4v) is 2.73. The van der Waals surface area contributed by atoms with Gasteiger partial charge in [0.2, 0.25) is 0 Å². The number of aliphatic hydroxyl groups is 1. The predicted molar refractivity (Wildman–Crippen MR) is 85.2 cm³/mol. The molecule has 1 amide bonds. The lowest BCUT2D eigenvalue weighted by Crippen LogP contribution is -2.40. The van der Waals surface area contributed by atoms with E-state index in [0.717, 1.165) is 10.0 Å². The smallest absolute Gasteiger partial charge is 0.410 e. The number of carbonyl (C=O) groups is 1. The minimum atomic E-state index is -0.870. The van der Waals surface area contributed by atoms with E-state index in [0.29, 0.717) is 25.9 Å². The quantitative estimate of drug-likeness (QED) is 0.884. The summed E-state index contributed by atoms with van der Waals surface area (Å²) in [7, 11) is 0. The second-order valence-corrected chi connectivity index (χ2v) is 7.60. The molecule has 1 aromatic carbocycles. The molecule has 0 radical (unpaired) electrons. The number of amides is 1. The highest BCUT2D eigenvalue weighted by Gasteiger charge is 2.39. The van der Waals surface area contributed by atoms with Crippen LogP contribution in [0.3, 0.4) is 0 Å². The van der Waals surface area contributed by atoms with Crippen LogP contribution < -0.4 is 0 Å². The summed E-state index contributed by atoms with van der Waals surface area (Å²) in [5, 5.41) is 10.7. The summed E-state index contributed by atoms with van der Waals surface area (Å²) in [5.41, 5.74) is -0.319. The van der Waals surface area contributed by atoms with Crippen molar-refractivity contribution in [3.05, 3.63) is 34.3 Å². The first-order chi connectivity index (χ1) is 9.67. The standard InChI is InChI=1S/C16H22BrNO3/c1-15(2,3)21-14(19)18-9-8-16(20,11-18)10-12-4-6-13(17)7-5-12/h4-7,20H,8-11H2,1-3H3. The van der Waals surface area contributed by atoms with Crippen LogP contribution in [0.4, 0.5) is 4.79 Å². The summed E-state index contributed by atoms with van der Waals surface area (Å²) in [6, 6.07) is 7.88. The monoisotopic (exact) mass is 355 g/mol. The first kappa shape index (κ1) is 16.3. The van der Waals surface area contributed by atoms with Gasteiger partial charge in [-0.2, -0.15) is 0 Å². The first-order valence-electron chi connectivity index (χ1n) is 7.12. The van der Waals surface area contributed by atoms with Gasteiger partial charge >= 0.3 is 6.09 Å². The van der Waals surface area contributed by atoms with E-state index in [-0.39, 0.29) is 6.09 Å². The van der Waals surface area contributed by atoms with Gasteiger partial charge in [-0.1, -0.05) is 28.1 Å². The summed E-state index contributed by atoms with van der Waals surface area (Å²) in [4.78, 5) is 13.6. The highest BCUT2D eigenvalue weighted by molar-refractivity contribution is 9.10. The summed E-state index contributed by atoms with van der Waals surface area (Å²) in [6.07, 6.45) is 0.760. The Labute approximate surface area is 134 Å². The second-order valence-electron chi connectivity index (χ2n) is 6.68. The fourth-order valence-electron chi connectivity index (χ4n) is 2.47. The van der Waals surface area contributed by atoms with Crippen molar-refractivity contribution in [1.29, 1.82) is 0 Å². The Kier molecular flexibility index (Phi) is 4.63. The number of rotatable bonds is 2. The molecule has 1 fully saturated rings. The Morgan fingerprint density at radius 2 is 2.00 bits per heavy atom. The van der Waals surface area contributed by atoms with Crippen LogP contribution in [0.5, 0.6) is 0 Å². The van der Waals surface area contributed by atoms with Crippen molar-refractivity contribution in [2.24, 2.45) is 0 Å². The van der Waals surface area contributed by atoms with Gasteiger partial charge in [0, 0.05) is 17.4 Å². The van der Waals surface area contributed by atoms with Crippen molar-refractivity contribution in [2.45, 2.75) is 44.8 Å². The number of likely N-dealkylation sites (tertiary alicyclic amines) is 1. The summed E-state index contributed by atoms with van der Waals surface area (Å²) in [6.45, 7) is 6.37. The second kappa shape index (κ2) is 5.97. The molecule has 1 heterocycles. The van der Waals surface area contributed by atoms with E-state index in [1.54, 1.807) is 4.90 Å². The minimum absolute atomic E-state index is 0.317. The fraction of sp³-hybridized carbons (Fsp3) is 0.562. The topological polar surface area (TPSA) is 49.8 Å². The zero-order chi connectivity index (χ0) is 15.7. The third-order valence-corrected chi connectivity index (χ3v) is 3.96. The molecule has 1 aliphatic heterocycles. The van der Waals surface area contributed by atoms with Gasteiger partial charge in [0.1, 0.15) is 5.60 Å². The van der Waals surface area contributed by atoms with E-state index < -0.39 is 11.2 Å². The number of β-amino-alcohol motifs (C(OH)–C–C–N with tert-alkyl or cyclic N) is 1. The number of benzene rings is 1. The van der Waals surface area contributed by atoms with Crippen LogP contribution in [-0.4, -0.2) is 40.4 Å². The third kappa shape index (κ3) is 4.71. The Morgan fingerprint density at radius 3 is 2.57 bits per heavy atom. The van der Waals surface area contributed by atoms with Gasteiger partial charge < -0.3 is 14.7 Å². The van der Waals surface area contributed by atoms with E-state index in [4.69, 9.17) is 4.74 Å². The molecule has 2 rings (SSSR count). The van der Waals surface area contributed by atoms with Crippen molar-refractivity contribution in [1.82, 2.24) is 4.90 Å². The molecule has 0 spiro atoms. The molecule has 116 valence electrons. The summed E-state index contributed by atoms with van der Waals surface area (Å²) >= 11 is 3.40. The van der Waals surface area contributed by atoms with Crippen LogP contribution in [0.25, 0.3) is 0 Å². The molecular formula is C16H22BrNO3. The Balaban J connectivity index is 1.96. The molecule has 0 aliphatic carbocycles. The van der Waals surface area contributed by atoms with Crippen LogP contribution in [0.2, 0.25) is 0 Å². The van der Waals surface area contributed by atoms with Crippen LogP contribution >= 0.6 is 15.9 Å². The van der Waals surface area contributed by atoms with E-state index >= 15 is 0 Å². The van der Waals surface area contributed by atoms with Crippen molar-refractivity contribution in [2.75, 3.05) is 13.1 Å². The van der Waals surface area contributed by atoms with Gasteiger partial charge in [-0.25, -0.2) is 4.79 Å². The lowest BCUT2D eigenvalue weighted by molar-refractivity contribution is 0.0153. The van der Waals surface area contributed by atoms with Gasteiger partial charge in [0.15, 0.2) is 0 Å². The Bertz CT molecular complexity index is 509. The van der Waals surface area contributed by atoms with E-state index in [1.165, 1.54) is 0 Å². The van der Waals surface area contributed by atoms with Crippen molar-refractivity contribution < 1.29 is 14.6 Å². The molecule has 0 bridgehead atoms. The van der Waals surface area contributed by atoms with Gasteiger partial charge in [-0.05, 0) is 44.9 Å². The van der Waals surface area contributed by atoms with Crippen LogP contribution in [-0.2, 0) is 11.2 Å². The number of halogens is 1. The van der Waals surface area contributed by atoms with Gasteiger partial charge in [-0.3, -0.25) is 0 Å². The Hall–Kier alpha value is -1.07. The van der Waals surface area contributed by atoms with Crippen molar-refractivity contribution in [3.63, 3.8) is 0 Å². The average molecular weight is 356 g/mol. The highest BCUT2D eigenvalue weighted by Crippen LogP contribution is 2.27. The number of hydrogen-bond donors (Lipinski definition) is 1. The molecular weight excluding hydrogens is 334 g/mol. The molecule has 4 nitrogen and oxygen atoms in total. The highest BCUT2D eigenvalue weighted by atomic mass is 79.9. The van der Waals surface area contributed by atoms with Crippen LogP contribution in [0.1, 0.15) is 32.8 Å². The number of carbonyl (C=O) groups excluding carboxylic acids is 1. The molecule has 5 heteroatoms. The number of hydrogen-bond acceptors (Lipinski definition) is 3. The molecule has 1 unspecified atom stereocenters. The van der Waals surface area contributed by atoms with E-state index in [2.05, 4.69) is 15.9 Å². The lowest BCUT2D eigenvalue weighted by atomic mass is 9.94. The predicted octanol–water partition coefficient (Wildman–Crippen LogP) is 3.36. The summed E-state index contributed by atoms with van der Waals surface area (Å²) in [5.74, 6) is 0. The summed E-state index contributed by atoms with van der Waals surface area (Å²) < 4.78 is 6.36. The van der Waals surface area contributed by atoms with Crippen molar-refractivity contribution >= 4 is 22.0 Å². The third-order valence-electron chi connectivity index (χ3n) is 3.43. The lowest BCUT2D eigenvalue weighted by Gasteiger charge is -2.26. The molecule has 1 saturated heterocycles. The zero-order valence-electron chi connectivity index (χ0n) is 12.7. The average Bonchev–Trinajstić information content (AvgIpc) is 2.73. The van der Waals surface area contributed by atoms with Gasteiger partial charge in [0.05, 0.1) is 12.1 Å². The molecule has 1 aliphatic rings. The largest absolute Gasteiger partial charge is 0.444 e. The molecule has 21 heavy (non-hydrogen) atoms. The normalized spacial score (nSPS) is 22.4. The van der Waals surface area contributed by atoms with E-state index in [1.807, 2.05) is 45.0 Å². The van der Waals surface area contributed by atoms with Gasteiger partial charge in [-0.15, -0.1) is 0 Å². The van der Waals surface area contributed by atoms with Crippen molar-refractivity contribution in [3.8, 4) is 0 Å². The molecule has 1 N–H and O–H groups in total. The van der Waals surface area contributed by atoms with E-state index in [9.17, 15) is 9.90 Å². The first-order valence-corrected chi connectivity index (χ1v) is 7.91. The van der Waals surface area contributed by atoms with Gasteiger partial charge in [0.25, 0.3) is 0 Å².